The van der Waals surface area contributed by atoms with E-state index >= 15 is 0 Å². The molecule has 1 aromatic carbocycles. The Balaban J connectivity index is 1.91. The van der Waals surface area contributed by atoms with Gasteiger partial charge >= 0.3 is 5.69 Å². The van der Waals surface area contributed by atoms with Crippen LogP contribution in [0.1, 0.15) is 26.2 Å². The number of hydrogen-bond acceptors (Lipinski definition) is 6. The second-order valence-electron chi connectivity index (χ2n) is 7.34. The first-order valence-corrected chi connectivity index (χ1v) is 10.2. The van der Waals surface area contributed by atoms with Crippen molar-refractivity contribution in [2.75, 3.05) is 18.5 Å². The van der Waals surface area contributed by atoms with E-state index in [4.69, 9.17) is 4.74 Å². The molecule has 162 valence electrons. The van der Waals surface area contributed by atoms with E-state index in [0.717, 1.165) is 23.8 Å². The van der Waals surface area contributed by atoms with Gasteiger partial charge in [-0.3, -0.25) is 13.9 Å². The summed E-state index contributed by atoms with van der Waals surface area (Å²) in [7, 11) is 3.02. The zero-order valence-electron chi connectivity index (χ0n) is 17.7. The van der Waals surface area contributed by atoms with Crippen LogP contribution in [0.5, 0.6) is 5.75 Å². The van der Waals surface area contributed by atoms with Crippen LogP contribution in [-0.2, 0) is 20.6 Å². The topological polar surface area (TPSA) is 103 Å². The highest BCUT2D eigenvalue weighted by atomic mass is 16.5. The third-order valence-corrected chi connectivity index (χ3v) is 4.99. The number of nitrogens with zero attached hydrogens (tertiary/aromatic N) is 4. The summed E-state index contributed by atoms with van der Waals surface area (Å²) >= 11 is 0. The van der Waals surface area contributed by atoms with Crippen LogP contribution >= 0.6 is 0 Å². The maximum absolute atomic E-state index is 12.8. The molecule has 3 rings (SSSR count). The Kier molecular flexibility index (Phi) is 6.94. The van der Waals surface area contributed by atoms with Crippen LogP contribution in [0.2, 0.25) is 0 Å². The molecule has 2 aromatic heterocycles. The van der Waals surface area contributed by atoms with E-state index in [1.54, 1.807) is 11.6 Å². The van der Waals surface area contributed by atoms with Gasteiger partial charge in [0.15, 0.2) is 11.2 Å². The molecular formula is C21H29N5O4. The Morgan fingerprint density at radius 3 is 2.57 bits per heavy atom. The molecule has 30 heavy (non-hydrogen) atoms. The summed E-state index contributed by atoms with van der Waals surface area (Å²) in [4.78, 5) is 29.6. The first kappa shape index (κ1) is 21.6. The fourth-order valence-corrected chi connectivity index (χ4v) is 3.31. The molecule has 0 amide bonds. The highest BCUT2D eigenvalue weighted by Crippen LogP contribution is 2.17. The summed E-state index contributed by atoms with van der Waals surface area (Å²) in [5.41, 5.74) is -0.324. The molecule has 0 aliphatic carbocycles. The number of nitrogens with one attached hydrogen (secondary N) is 1. The third-order valence-electron chi connectivity index (χ3n) is 4.99. The zero-order chi connectivity index (χ0) is 21.7. The molecule has 0 aliphatic rings. The molecule has 1 atom stereocenters. The molecule has 0 saturated heterocycles. The average Bonchev–Trinajstić information content (AvgIpc) is 3.11. The minimum absolute atomic E-state index is 0.0606. The number of benzene rings is 1. The second kappa shape index (κ2) is 9.62. The average molecular weight is 415 g/mol. The summed E-state index contributed by atoms with van der Waals surface area (Å²) in [6.07, 6.45) is 2.24. The SMILES string of the molecule is CCCCCNc1nc2c(c(=O)n(C)c(=O)n2C)n1C[C@H](O)COc1ccccc1. The fourth-order valence-electron chi connectivity index (χ4n) is 3.31. The molecule has 9 nitrogen and oxygen atoms in total. The lowest BCUT2D eigenvalue weighted by atomic mass is 10.2. The Morgan fingerprint density at radius 1 is 1.13 bits per heavy atom. The van der Waals surface area contributed by atoms with Crippen molar-refractivity contribution in [2.45, 2.75) is 38.8 Å². The van der Waals surface area contributed by atoms with Crippen LogP contribution in [0, 0.1) is 0 Å². The third kappa shape index (κ3) is 4.56. The van der Waals surface area contributed by atoms with Crippen LogP contribution in [-0.4, -0.2) is 43.0 Å². The molecule has 2 heterocycles. The number of aromatic nitrogens is 4. The van der Waals surface area contributed by atoms with E-state index in [2.05, 4.69) is 17.2 Å². The van der Waals surface area contributed by atoms with E-state index in [0.29, 0.717) is 18.2 Å². The Hall–Kier alpha value is -3.07. The van der Waals surface area contributed by atoms with E-state index < -0.39 is 17.4 Å². The number of aryl methyl sites for hydroxylation is 1. The Labute approximate surface area is 174 Å². The standard InChI is InChI=1S/C21H29N5O4/c1-4-5-9-12-22-20-23-18-17(19(28)25(3)21(29)24(18)2)26(20)13-15(27)14-30-16-10-7-6-8-11-16/h6-8,10-11,15,27H,4-5,9,12-14H2,1-3H3,(H,22,23)/t15-/m0/s1. The lowest BCUT2D eigenvalue weighted by Crippen LogP contribution is -2.38. The quantitative estimate of drug-likeness (QED) is 0.486. The van der Waals surface area contributed by atoms with E-state index in [1.807, 2.05) is 30.3 Å². The number of unbranched alkanes of at least 4 members (excludes halogenated alkanes) is 2. The van der Waals surface area contributed by atoms with Crippen molar-refractivity contribution < 1.29 is 9.84 Å². The van der Waals surface area contributed by atoms with E-state index in [-0.39, 0.29) is 24.3 Å². The summed E-state index contributed by atoms with van der Waals surface area (Å²) < 4.78 is 9.67. The molecule has 0 bridgehead atoms. The maximum atomic E-state index is 12.8. The van der Waals surface area contributed by atoms with Crippen molar-refractivity contribution in [1.29, 1.82) is 0 Å². The largest absolute Gasteiger partial charge is 0.491 e. The van der Waals surface area contributed by atoms with Crippen LogP contribution in [0.25, 0.3) is 11.2 Å². The second-order valence-corrected chi connectivity index (χ2v) is 7.34. The summed E-state index contributed by atoms with van der Waals surface area (Å²) in [6, 6.07) is 9.22. The van der Waals surface area contributed by atoms with Crippen LogP contribution in [0.3, 0.4) is 0 Å². The van der Waals surface area contributed by atoms with Gasteiger partial charge in [-0.15, -0.1) is 0 Å². The van der Waals surface area contributed by atoms with Crippen molar-refractivity contribution in [3.63, 3.8) is 0 Å². The first-order valence-electron chi connectivity index (χ1n) is 10.2. The van der Waals surface area contributed by atoms with Gasteiger partial charge in [0.2, 0.25) is 5.95 Å². The van der Waals surface area contributed by atoms with Gasteiger partial charge in [-0.05, 0) is 18.6 Å². The van der Waals surface area contributed by atoms with Gasteiger partial charge in [-0.2, -0.15) is 4.98 Å². The minimum Gasteiger partial charge on any atom is -0.491 e. The summed E-state index contributed by atoms with van der Waals surface area (Å²) in [6.45, 7) is 2.97. The van der Waals surface area contributed by atoms with Gasteiger partial charge in [-0.1, -0.05) is 38.0 Å². The van der Waals surface area contributed by atoms with Crippen LogP contribution in [0.4, 0.5) is 5.95 Å². The van der Waals surface area contributed by atoms with Crippen molar-refractivity contribution in [3.05, 3.63) is 51.2 Å². The van der Waals surface area contributed by atoms with Crippen molar-refractivity contribution in [2.24, 2.45) is 14.1 Å². The normalized spacial score (nSPS) is 12.3. The number of imidazole rings is 1. The number of anilines is 1. The minimum atomic E-state index is -0.874. The van der Waals surface area contributed by atoms with Crippen molar-refractivity contribution in [1.82, 2.24) is 18.7 Å². The number of ether oxygens (including phenoxy) is 1. The van der Waals surface area contributed by atoms with Crippen LogP contribution < -0.4 is 21.3 Å². The summed E-state index contributed by atoms with van der Waals surface area (Å²) in [5.74, 6) is 1.11. The molecule has 9 heteroatoms. The van der Waals surface area contributed by atoms with Crippen LogP contribution in [0.15, 0.2) is 39.9 Å². The predicted octanol–water partition coefficient (Wildman–Crippen LogP) is 1.48. The Bertz CT molecular complexity index is 1100. The number of hydrogen-bond donors (Lipinski definition) is 2. The number of aliphatic hydroxyl groups excluding tert-OH is 1. The van der Waals surface area contributed by atoms with E-state index in [1.165, 1.54) is 11.6 Å². The monoisotopic (exact) mass is 415 g/mol. The molecule has 0 saturated carbocycles. The molecule has 0 aliphatic heterocycles. The predicted molar refractivity (Wildman–Crippen MR) is 116 cm³/mol. The lowest BCUT2D eigenvalue weighted by Gasteiger charge is -2.16. The smallest absolute Gasteiger partial charge is 0.332 e. The highest BCUT2D eigenvalue weighted by Gasteiger charge is 2.21. The lowest BCUT2D eigenvalue weighted by molar-refractivity contribution is 0.0938. The fraction of sp³-hybridized carbons (Fsp3) is 0.476. The van der Waals surface area contributed by atoms with E-state index in [9.17, 15) is 14.7 Å². The molecule has 0 spiro atoms. The molecule has 0 fully saturated rings. The van der Waals surface area contributed by atoms with Gasteiger partial charge in [0.05, 0.1) is 6.54 Å². The molecule has 0 radical (unpaired) electrons. The maximum Gasteiger partial charge on any atom is 0.332 e. The van der Waals surface area contributed by atoms with Crippen molar-refractivity contribution >= 4 is 17.1 Å². The van der Waals surface area contributed by atoms with Crippen molar-refractivity contribution in [3.8, 4) is 5.75 Å². The number of rotatable bonds is 10. The first-order chi connectivity index (χ1) is 14.4. The molecule has 0 unspecified atom stereocenters. The van der Waals surface area contributed by atoms with Gasteiger partial charge < -0.3 is 19.7 Å². The van der Waals surface area contributed by atoms with Gasteiger partial charge in [0.1, 0.15) is 18.5 Å². The van der Waals surface area contributed by atoms with Gasteiger partial charge in [-0.25, -0.2) is 4.79 Å². The molecular weight excluding hydrogens is 386 g/mol. The number of aliphatic hydroxyl groups is 1. The van der Waals surface area contributed by atoms with Gasteiger partial charge in [0.25, 0.3) is 5.56 Å². The van der Waals surface area contributed by atoms with Gasteiger partial charge in [0, 0.05) is 20.6 Å². The molecule has 2 N–H and O–H groups in total. The Morgan fingerprint density at radius 2 is 1.87 bits per heavy atom. The zero-order valence-corrected chi connectivity index (χ0v) is 17.7. The molecule has 3 aromatic rings. The summed E-state index contributed by atoms with van der Waals surface area (Å²) in [5, 5.41) is 13.8. The number of fused-ring (bicyclic) bond motifs is 1. The highest BCUT2D eigenvalue weighted by molar-refractivity contribution is 5.74. The number of para-hydroxylation sites is 1.